The zero-order valence-electron chi connectivity index (χ0n) is 19.2. The van der Waals surface area contributed by atoms with Gasteiger partial charge in [-0.25, -0.2) is 4.98 Å². The molecule has 1 saturated carbocycles. The predicted molar refractivity (Wildman–Crippen MR) is 138 cm³/mol. The minimum absolute atomic E-state index is 0.00825. The van der Waals surface area contributed by atoms with Crippen molar-refractivity contribution >= 4 is 17.2 Å². The highest BCUT2D eigenvalue weighted by molar-refractivity contribution is 5.95. The first-order valence-corrected chi connectivity index (χ1v) is 11.9. The highest BCUT2D eigenvalue weighted by atomic mass is 16.1. The molecule has 6 nitrogen and oxygen atoms in total. The van der Waals surface area contributed by atoms with Crippen molar-refractivity contribution in [3.05, 3.63) is 109 Å². The third-order valence-electron chi connectivity index (χ3n) is 6.27. The second kappa shape index (κ2) is 9.06. The minimum Gasteiger partial charge on any atom is -0.381 e. The summed E-state index contributed by atoms with van der Waals surface area (Å²) in [4.78, 5) is 21.4. The quantitative estimate of drug-likeness (QED) is 0.334. The van der Waals surface area contributed by atoms with Crippen molar-refractivity contribution in [3.8, 4) is 22.5 Å². The third kappa shape index (κ3) is 4.64. The SMILES string of the molecule is O=C(NC1CC1)c1ccc(-c2cnc3cnc(-c4ccc(CNc5ccccc5)cc4)cn23)cc1. The summed E-state index contributed by atoms with van der Waals surface area (Å²) in [6, 6.07) is 26.7. The number of aromatic nitrogens is 3. The molecular weight excluding hydrogens is 434 g/mol. The van der Waals surface area contributed by atoms with Gasteiger partial charge in [-0.3, -0.25) is 14.2 Å². The van der Waals surface area contributed by atoms with Crippen LogP contribution in [0.25, 0.3) is 28.2 Å². The first kappa shape index (κ1) is 21.1. The summed E-state index contributed by atoms with van der Waals surface area (Å²) in [6.07, 6.45) is 7.81. The van der Waals surface area contributed by atoms with Gasteiger partial charge >= 0.3 is 0 Å². The lowest BCUT2D eigenvalue weighted by atomic mass is 10.1. The molecule has 1 fully saturated rings. The van der Waals surface area contributed by atoms with Crippen LogP contribution in [0.4, 0.5) is 5.69 Å². The molecule has 0 radical (unpaired) electrons. The van der Waals surface area contributed by atoms with Crippen molar-refractivity contribution in [2.45, 2.75) is 25.4 Å². The number of amides is 1. The van der Waals surface area contributed by atoms with E-state index in [1.807, 2.05) is 59.3 Å². The molecule has 1 amide bonds. The molecular formula is C29H25N5O. The Morgan fingerprint density at radius 1 is 0.857 bits per heavy atom. The normalized spacial score (nSPS) is 13.0. The Kier molecular flexibility index (Phi) is 5.47. The first-order chi connectivity index (χ1) is 17.2. The number of nitrogens with one attached hydrogen (secondary N) is 2. The Morgan fingerprint density at radius 3 is 2.34 bits per heavy atom. The van der Waals surface area contributed by atoms with E-state index in [2.05, 4.69) is 57.0 Å². The van der Waals surface area contributed by atoms with Crippen LogP contribution in [-0.2, 0) is 6.54 Å². The molecule has 0 unspecified atom stereocenters. The topological polar surface area (TPSA) is 71.3 Å². The lowest BCUT2D eigenvalue weighted by Crippen LogP contribution is -2.25. The smallest absolute Gasteiger partial charge is 0.251 e. The second-order valence-electron chi connectivity index (χ2n) is 8.89. The number of nitrogens with zero attached hydrogens (tertiary/aromatic N) is 3. The van der Waals surface area contributed by atoms with E-state index in [1.165, 1.54) is 5.56 Å². The van der Waals surface area contributed by atoms with Gasteiger partial charge in [-0.15, -0.1) is 0 Å². The van der Waals surface area contributed by atoms with Gasteiger partial charge in [-0.05, 0) is 42.7 Å². The molecule has 0 atom stereocenters. The molecule has 1 aliphatic carbocycles. The summed E-state index contributed by atoms with van der Waals surface area (Å²) in [5.41, 5.74) is 7.64. The van der Waals surface area contributed by atoms with Gasteiger partial charge in [0.05, 0.1) is 23.8 Å². The van der Waals surface area contributed by atoms with Gasteiger partial charge in [-0.1, -0.05) is 54.6 Å². The van der Waals surface area contributed by atoms with Crippen LogP contribution in [0.2, 0.25) is 0 Å². The lowest BCUT2D eigenvalue weighted by molar-refractivity contribution is 0.0951. The van der Waals surface area contributed by atoms with E-state index in [9.17, 15) is 4.79 Å². The summed E-state index contributed by atoms with van der Waals surface area (Å²) in [7, 11) is 0. The molecule has 35 heavy (non-hydrogen) atoms. The maximum atomic E-state index is 12.3. The highest BCUT2D eigenvalue weighted by Crippen LogP contribution is 2.25. The number of rotatable bonds is 7. The van der Waals surface area contributed by atoms with E-state index in [-0.39, 0.29) is 5.91 Å². The molecule has 2 heterocycles. The van der Waals surface area contributed by atoms with E-state index in [0.717, 1.165) is 53.2 Å². The summed E-state index contributed by atoms with van der Waals surface area (Å²) in [6.45, 7) is 0.761. The van der Waals surface area contributed by atoms with Crippen LogP contribution in [-0.4, -0.2) is 26.3 Å². The molecule has 6 heteroatoms. The van der Waals surface area contributed by atoms with Crippen molar-refractivity contribution in [1.82, 2.24) is 19.7 Å². The zero-order chi connectivity index (χ0) is 23.6. The Hall–Kier alpha value is -4.45. The van der Waals surface area contributed by atoms with Crippen LogP contribution < -0.4 is 10.6 Å². The van der Waals surface area contributed by atoms with E-state index < -0.39 is 0 Å². The van der Waals surface area contributed by atoms with Crippen LogP contribution in [0, 0.1) is 0 Å². The molecule has 5 aromatic rings. The van der Waals surface area contributed by atoms with E-state index in [1.54, 1.807) is 6.20 Å². The number of carbonyl (C=O) groups excluding carboxylic acids is 1. The number of para-hydroxylation sites is 1. The average Bonchev–Trinajstić information content (AvgIpc) is 3.63. The van der Waals surface area contributed by atoms with Crippen molar-refractivity contribution in [2.24, 2.45) is 0 Å². The van der Waals surface area contributed by atoms with Crippen LogP contribution >= 0.6 is 0 Å². The van der Waals surface area contributed by atoms with Gasteiger partial charge in [0.1, 0.15) is 0 Å². The fourth-order valence-corrected chi connectivity index (χ4v) is 4.09. The van der Waals surface area contributed by atoms with E-state index in [4.69, 9.17) is 0 Å². The number of hydrogen-bond acceptors (Lipinski definition) is 4. The average molecular weight is 460 g/mol. The largest absolute Gasteiger partial charge is 0.381 e. The summed E-state index contributed by atoms with van der Waals surface area (Å²) in [5.74, 6) is -0.00825. The predicted octanol–water partition coefficient (Wildman–Crippen LogP) is 5.57. The number of imidazole rings is 1. The Morgan fingerprint density at radius 2 is 1.60 bits per heavy atom. The number of carbonyl (C=O) groups is 1. The molecule has 0 spiro atoms. The Labute approximate surface area is 203 Å². The molecule has 2 aromatic heterocycles. The molecule has 1 aliphatic rings. The standard InChI is InChI=1S/C29H25N5O/c35-29(33-25-14-15-25)23-12-10-22(11-13-23)27-17-32-28-18-31-26(19-34(27)28)21-8-6-20(7-9-21)16-30-24-4-2-1-3-5-24/h1-13,17-19,25,30H,14-16H2,(H,33,35). The summed E-state index contributed by atoms with van der Waals surface area (Å²) >= 11 is 0. The van der Waals surface area contributed by atoms with Gasteiger partial charge in [0, 0.05) is 41.2 Å². The van der Waals surface area contributed by atoms with Crippen molar-refractivity contribution < 1.29 is 4.79 Å². The Bertz CT molecular complexity index is 1470. The lowest BCUT2D eigenvalue weighted by Gasteiger charge is -2.09. The van der Waals surface area contributed by atoms with Gasteiger partial charge in [0.2, 0.25) is 0 Å². The van der Waals surface area contributed by atoms with Crippen molar-refractivity contribution in [3.63, 3.8) is 0 Å². The summed E-state index contributed by atoms with van der Waals surface area (Å²) < 4.78 is 2.05. The first-order valence-electron chi connectivity index (χ1n) is 11.9. The van der Waals surface area contributed by atoms with E-state index in [0.29, 0.717) is 11.6 Å². The zero-order valence-corrected chi connectivity index (χ0v) is 19.2. The Balaban J connectivity index is 1.21. The molecule has 0 saturated heterocycles. The van der Waals surface area contributed by atoms with Crippen LogP contribution in [0.15, 0.2) is 97.5 Å². The maximum Gasteiger partial charge on any atom is 0.251 e. The number of benzene rings is 3. The number of anilines is 1. The van der Waals surface area contributed by atoms with Crippen molar-refractivity contribution in [1.29, 1.82) is 0 Å². The van der Waals surface area contributed by atoms with Gasteiger partial charge in [0.25, 0.3) is 5.91 Å². The molecule has 6 rings (SSSR count). The number of hydrogen-bond donors (Lipinski definition) is 2. The molecule has 2 N–H and O–H groups in total. The molecule has 0 bridgehead atoms. The maximum absolute atomic E-state index is 12.3. The molecule has 0 aliphatic heterocycles. The van der Waals surface area contributed by atoms with E-state index >= 15 is 0 Å². The molecule has 172 valence electrons. The highest BCUT2D eigenvalue weighted by Gasteiger charge is 2.23. The molecule has 3 aromatic carbocycles. The second-order valence-corrected chi connectivity index (χ2v) is 8.89. The van der Waals surface area contributed by atoms with Gasteiger partial charge < -0.3 is 10.6 Å². The van der Waals surface area contributed by atoms with Crippen LogP contribution in [0.1, 0.15) is 28.8 Å². The van der Waals surface area contributed by atoms with Gasteiger partial charge in [0.15, 0.2) is 5.65 Å². The van der Waals surface area contributed by atoms with Crippen LogP contribution in [0.5, 0.6) is 0 Å². The van der Waals surface area contributed by atoms with Crippen LogP contribution in [0.3, 0.4) is 0 Å². The monoisotopic (exact) mass is 459 g/mol. The van der Waals surface area contributed by atoms with Crippen molar-refractivity contribution in [2.75, 3.05) is 5.32 Å². The summed E-state index contributed by atoms with van der Waals surface area (Å²) in [5, 5.41) is 6.47. The minimum atomic E-state index is -0.00825. The fourth-order valence-electron chi connectivity index (χ4n) is 4.09. The number of fused-ring (bicyclic) bond motifs is 1. The third-order valence-corrected chi connectivity index (χ3v) is 6.27. The fraction of sp³-hybridized carbons (Fsp3) is 0.138. The van der Waals surface area contributed by atoms with Gasteiger partial charge in [-0.2, -0.15) is 0 Å².